The number of nitriles is 1. The van der Waals surface area contributed by atoms with E-state index in [4.69, 9.17) is 9.15 Å². The van der Waals surface area contributed by atoms with E-state index in [1.807, 2.05) is 72.8 Å². The number of anilines is 1. The van der Waals surface area contributed by atoms with Gasteiger partial charge in [0, 0.05) is 15.6 Å². The van der Waals surface area contributed by atoms with E-state index in [-0.39, 0.29) is 11.4 Å². The molecule has 0 bridgehead atoms. The molecule has 32 heavy (non-hydrogen) atoms. The summed E-state index contributed by atoms with van der Waals surface area (Å²) in [6.45, 7) is 1.64. The monoisotopic (exact) mass is 486 g/mol. The summed E-state index contributed by atoms with van der Waals surface area (Å²) < 4.78 is 12.7. The Labute approximate surface area is 194 Å². The molecule has 1 N–H and O–H groups in total. The molecule has 1 atom stereocenters. The van der Waals surface area contributed by atoms with Crippen LogP contribution in [0.15, 0.2) is 93.8 Å². The van der Waals surface area contributed by atoms with E-state index in [1.165, 1.54) is 0 Å². The van der Waals surface area contributed by atoms with Crippen LogP contribution in [0.3, 0.4) is 0 Å². The van der Waals surface area contributed by atoms with Gasteiger partial charge in [-0.05, 0) is 36.8 Å². The van der Waals surface area contributed by atoms with Gasteiger partial charge in [0.25, 0.3) is 5.91 Å². The second-order valence-corrected chi connectivity index (χ2v) is 7.97. The maximum Gasteiger partial charge on any atom is 0.267 e. The van der Waals surface area contributed by atoms with Crippen molar-refractivity contribution >= 4 is 27.7 Å². The van der Waals surface area contributed by atoms with E-state index < -0.39 is 12.0 Å². The Balaban J connectivity index is 1.68. The average molecular weight is 487 g/mol. The van der Waals surface area contributed by atoms with Crippen molar-refractivity contribution in [1.29, 1.82) is 5.26 Å². The minimum Gasteiger partial charge on any atom is -0.481 e. The highest BCUT2D eigenvalue weighted by Crippen LogP contribution is 2.41. The van der Waals surface area contributed by atoms with Crippen LogP contribution in [-0.4, -0.2) is 12.0 Å². The quantitative estimate of drug-likeness (QED) is 0.330. The molecule has 5 nitrogen and oxygen atoms in total. The van der Waals surface area contributed by atoms with Gasteiger partial charge in [0.15, 0.2) is 6.10 Å². The van der Waals surface area contributed by atoms with Gasteiger partial charge >= 0.3 is 0 Å². The molecule has 1 heterocycles. The fourth-order valence-electron chi connectivity index (χ4n) is 3.28. The zero-order chi connectivity index (χ0) is 22.5. The SMILES string of the molecule is CC(Oc1ccc(Br)cc1)C(=O)Nc1oc(-c2ccccc2)c(-c2ccccc2)c1C#N. The number of ether oxygens (including phenoxy) is 1. The van der Waals surface area contributed by atoms with Crippen LogP contribution in [-0.2, 0) is 4.79 Å². The van der Waals surface area contributed by atoms with Crippen molar-refractivity contribution in [3.63, 3.8) is 0 Å². The van der Waals surface area contributed by atoms with Crippen LogP contribution in [0.4, 0.5) is 5.88 Å². The molecule has 6 heteroatoms. The number of hydrogen-bond donors (Lipinski definition) is 1. The first-order chi connectivity index (χ1) is 15.6. The van der Waals surface area contributed by atoms with Gasteiger partial charge < -0.3 is 9.15 Å². The first kappa shape index (κ1) is 21.4. The number of furan rings is 1. The summed E-state index contributed by atoms with van der Waals surface area (Å²) in [5.41, 5.74) is 2.53. The number of benzene rings is 3. The molecule has 0 saturated carbocycles. The van der Waals surface area contributed by atoms with Crippen LogP contribution in [0.1, 0.15) is 12.5 Å². The number of hydrogen-bond acceptors (Lipinski definition) is 4. The molecule has 1 amide bonds. The van der Waals surface area contributed by atoms with E-state index in [2.05, 4.69) is 27.3 Å². The van der Waals surface area contributed by atoms with Crippen LogP contribution >= 0.6 is 15.9 Å². The second kappa shape index (κ2) is 9.54. The third-order valence-corrected chi connectivity index (χ3v) is 5.38. The van der Waals surface area contributed by atoms with Gasteiger partial charge in [0.05, 0.1) is 0 Å². The van der Waals surface area contributed by atoms with Crippen LogP contribution in [0.25, 0.3) is 22.5 Å². The molecule has 4 rings (SSSR count). The van der Waals surface area contributed by atoms with Crippen LogP contribution in [0.5, 0.6) is 5.75 Å². The van der Waals surface area contributed by atoms with Crippen molar-refractivity contribution in [2.24, 2.45) is 0 Å². The molecule has 0 spiro atoms. The Hall–Kier alpha value is -3.82. The lowest BCUT2D eigenvalue weighted by atomic mass is 9.98. The highest BCUT2D eigenvalue weighted by atomic mass is 79.9. The Morgan fingerprint density at radius 1 is 0.969 bits per heavy atom. The molecule has 0 fully saturated rings. The highest BCUT2D eigenvalue weighted by molar-refractivity contribution is 9.10. The standard InChI is InChI=1S/C26H19BrN2O3/c1-17(31-21-14-12-20(27)13-15-21)25(30)29-26-22(16-28)23(18-8-4-2-5-9-18)24(32-26)19-10-6-3-7-11-19/h2-15,17H,1H3,(H,29,30). The molecule has 158 valence electrons. The molecule has 0 radical (unpaired) electrons. The molecule has 3 aromatic carbocycles. The summed E-state index contributed by atoms with van der Waals surface area (Å²) in [4.78, 5) is 12.8. The van der Waals surface area contributed by atoms with Crippen molar-refractivity contribution < 1.29 is 13.9 Å². The summed E-state index contributed by atoms with van der Waals surface area (Å²) in [7, 11) is 0. The van der Waals surface area contributed by atoms with Crippen LogP contribution in [0.2, 0.25) is 0 Å². The van der Waals surface area contributed by atoms with Crippen molar-refractivity contribution in [1.82, 2.24) is 0 Å². The smallest absolute Gasteiger partial charge is 0.267 e. The minimum absolute atomic E-state index is 0.0986. The number of carbonyl (C=O) groups is 1. The van der Waals surface area contributed by atoms with Gasteiger partial charge in [-0.3, -0.25) is 10.1 Å². The van der Waals surface area contributed by atoms with Crippen molar-refractivity contribution in [2.75, 3.05) is 5.32 Å². The molecule has 1 unspecified atom stereocenters. The summed E-state index contributed by atoms with van der Waals surface area (Å²) in [5, 5.41) is 12.7. The predicted octanol–water partition coefficient (Wildman–Crippen LogP) is 6.65. The second-order valence-electron chi connectivity index (χ2n) is 7.06. The van der Waals surface area contributed by atoms with Crippen LogP contribution in [0, 0.1) is 11.3 Å². The van der Waals surface area contributed by atoms with Gasteiger partial charge in [0.1, 0.15) is 23.1 Å². The first-order valence-electron chi connectivity index (χ1n) is 9.97. The molecule has 0 aliphatic rings. The number of halogens is 1. The topological polar surface area (TPSA) is 75.3 Å². The van der Waals surface area contributed by atoms with E-state index >= 15 is 0 Å². The summed E-state index contributed by atoms with van der Waals surface area (Å²) >= 11 is 3.37. The summed E-state index contributed by atoms with van der Waals surface area (Å²) in [6, 6.07) is 28.4. The van der Waals surface area contributed by atoms with Crippen molar-refractivity contribution in [2.45, 2.75) is 13.0 Å². The Morgan fingerprint density at radius 2 is 1.56 bits per heavy atom. The van der Waals surface area contributed by atoms with E-state index in [0.717, 1.165) is 15.6 Å². The molecule has 0 saturated heterocycles. The highest BCUT2D eigenvalue weighted by Gasteiger charge is 2.26. The normalized spacial score (nSPS) is 11.4. The van der Waals surface area contributed by atoms with E-state index in [9.17, 15) is 10.1 Å². The summed E-state index contributed by atoms with van der Waals surface area (Å²) in [5.74, 6) is 0.759. The van der Waals surface area contributed by atoms with Gasteiger partial charge in [0.2, 0.25) is 5.88 Å². The largest absolute Gasteiger partial charge is 0.481 e. The number of rotatable bonds is 6. The fraction of sp³-hybridized carbons (Fsp3) is 0.0769. The molecule has 0 aliphatic heterocycles. The molecular formula is C26H19BrN2O3. The van der Waals surface area contributed by atoms with Crippen molar-refractivity contribution in [3.05, 3.63) is 95.0 Å². The lowest BCUT2D eigenvalue weighted by Gasteiger charge is -2.14. The van der Waals surface area contributed by atoms with Crippen LogP contribution < -0.4 is 10.1 Å². The van der Waals surface area contributed by atoms with Gasteiger partial charge in [-0.1, -0.05) is 76.6 Å². The maximum atomic E-state index is 12.8. The first-order valence-corrected chi connectivity index (χ1v) is 10.8. The minimum atomic E-state index is -0.798. The fourth-order valence-corrected chi connectivity index (χ4v) is 3.55. The van der Waals surface area contributed by atoms with E-state index in [1.54, 1.807) is 19.1 Å². The summed E-state index contributed by atoms with van der Waals surface area (Å²) in [6.07, 6.45) is -0.798. The predicted molar refractivity (Wildman–Crippen MR) is 127 cm³/mol. The number of nitrogens with zero attached hydrogens (tertiary/aromatic N) is 1. The lowest BCUT2D eigenvalue weighted by Crippen LogP contribution is -2.30. The Kier molecular flexibility index (Phi) is 6.39. The average Bonchev–Trinajstić information content (AvgIpc) is 3.19. The van der Waals surface area contributed by atoms with Gasteiger partial charge in [-0.15, -0.1) is 0 Å². The van der Waals surface area contributed by atoms with Gasteiger partial charge in [-0.25, -0.2) is 0 Å². The number of amides is 1. The zero-order valence-electron chi connectivity index (χ0n) is 17.2. The molecule has 4 aromatic rings. The third kappa shape index (κ3) is 4.58. The lowest BCUT2D eigenvalue weighted by molar-refractivity contribution is -0.122. The number of nitrogens with one attached hydrogen (secondary N) is 1. The van der Waals surface area contributed by atoms with Crippen molar-refractivity contribution in [3.8, 4) is 34.3 Å². The van der Waals surface area contributed by atoms with Gasteiger partial charge in [-0.2, -0.15) is 5.26 Å². The molecular weight excluding hydrogens is 468 g/mol. The number of carbonyl (C=O) groups excluding carboxylic acids is 1. The Bertz CT molecular complexity index is 1260. The zero-order valence-corrected chi connectivity index (χ0v) is 18.8. The van der Waals surface area contributed by atoms with E-state index in [0.29, 0.717) is 17.1 Å². The Morgan fingerprint density at radius 3 is 2.16 bits per heavy atom. The molecule has 0 aliphatic carbocycles. The third-order valence-electron chi connectivity index (χ3n) is 4.85. The molecule has 1 aromatic heterocycles. The maximum absolute atomic E-state index is 12.8.